The Labute approximate surface area is 117 Å². The zero-order valence-electron chi connectivity index (χ0n) is 11.7. The molecule has 0 N–H and O–H groups in total. The van der Waals surface area contributed by atoms with E-state index in [1.165, 1.54) is 0 Å². The molecule has 3 rings (SSSR count). The molecule has 0 aliphatic heterocycles. The van der Waals surface area contributed by atoms with Crippen LogP contribution in [0.4, 0.5) is 0 Å². The molecule has 0 radical (unpaired) electrons. The summed E-state index contributed by atoms with van der Waals surface area (Å²) in [5, 5.41) is 4.02. The van der Waals surface area contributed by atoms with Crippen LogP contribution in [0.5, 0.6) is 0 Å². The summed E-state index contributed by atoms with van der Waals surface area (Å²) in [5.41, 5.74) is 2.39. The zero-order chi connectivity index (χ0) is 14.4. The summed E-state index contributed by atoms with van der Waals surface area (Å²) in [6.07, 6.45) is 5.16. The van der Waals surface area contributed by atoms with E-state index in [-0.39, 0.29) is 0 Å². The van der Waals surface area contributed by atoms with Gasteiger partial charge in [-0.1, -0.05) is 19.0 Å². The van der Waals surface area contributed by atoms with Crippen LogP contribution in [0.2, 0.25) is 0 Å². The lowest BCUT2D eigenvalue weighted by Gasteiger charge is -1.94. The highest BCUT2D eigenvalue weighted by Crippen LogP contribution is 2.23. The Balaban J connectivity index is 0.000000704. The SMILES string of the molecule is CC.Cc1nccc(-c2cc(-c3cccnc3)no2)n1. The number of nitrogens with zero attached hydrogens (tertiary/aromatic N) is 4. The molecule has 0 aliphatic rings. The molecule has 3 aromatic rings. The second-order valence-electron chi connectivity index (χ2n) is 3.81. The molecule has 3 aromatic heterocycles. The quantitative estimate of drug-likeness (QED) is 0.711. The summed E-state index contributed by atoms with van der Waals surface area (Å²) in [6.45, 7) is 5.84. The molecule has 0 unspecified atom stereocenters. The van der Waals surface area contributed by atoms with Crippen molar-refractivity contribution < 1.29 is 4.52 Å². The van der Waals surface area contributed by atoms with Gasteiger partial charge in [0, 0.05) is 30.2 Å². The van der Waals surface area contributed by atoms with E-state index in [4.69, 9.17) is 4.52 Å². The van der Waals surface area contributed by atoms with Crippen molar-refractivity contribution in [3.63, 3.8) is 0 Å². The molecular weight excluding hydrogens is 252 g/mol. The van der Waals surface area contributed by atoms with Gasteiger partial charge < -0.3 is 4.52 Å². The third-order valence-electron chi connectivity index (χ3n) is 2.50. The van der Waals surface area contributed by atoms with Crippen LogP contribution < -0.4 is 0 Å². The number of hydrogen-bond acceptors (Lipinski definition) is 5. The monoisotopic (exact) mass is 268 g/mol. The number of hydrogen-bond donors (Lipinski definition) is 0. The maximum atomic E-state index is 5.29. The van der Waals surface area contributed by atoms with E-state index in [2.05, 4.69) is 20.1 Å². The number of aromatic nitrogens is 4. The normalized spacial score (nSPS) is 9.75. The fraction of sp³-hybridized carbons (Fsp3) is 0.200. The van der Waals surface area contributed by atoms with E-state index >= 15 is 0 Å². The first-order valence-electron chi connectivity index (χ1n) is 6.50. The molecule has 0 spiro atoms. The highest BCUT2D eigenvalue weighted by Gasteiger charge is 2.09. The molecule has 102 valence electrons. The molecule has 0 saturated heterocycles. The third-order valence-corrected chi connectivity index (χ3v) is 2.50. The van der Waals surface area contributed by atoms with Gasteiger partial charge in [-0.3, -0.25) is 4.98 Å². The van der Waals surface area contributed by atoms with Crippen molar-refractivity contribution in [1.29, 1.82) is 0 Å². The van der Waals surface area contributed by atoms with Crippen LogP contribution in [0.25, 0.3) is 22.7 Å². The molecule has 20 heavy (non-hydrogen) atoms. The Kier molecular flexibility index (Phi) is 4.55. The van der Waals surface area contributed by atoms with Crippen molar-refractivity contribution in [1.82, 2.24) is 20.1 Å². The molecule has 0 bridgehead atoms. The number of aryl methyl sites for hydroxylation is 1. The first kappa shape index (κ1) is 13.9. The summed E-state index contributed by atoms with van der Waals surface area (Å²) in [4.78, 5) is 12.4. The van der Waals surface area contributed by atoms with E-state index < -0.39 is 0 Å². The van der Waals surface area contributed by atoms with Crippen molar-refractivity contribution >= 4 is 0 Å². The average Bonchev–Trinajstić information content (AvgIpc) is 3.00. The van der Waals surface area contributed by atoms with Crippen LogP contribution in [0.3, 0.4) is 0 Å². The minimum Gasteiger partial charge on any atom is -0.354 e. The second-order valence-corrected chi connectivity index (χ2v) is 3.81. The number of pyridine rings is 1. The average molecular weight is 268 g/mol. The van der Waals surface area contributed by atoms with E-state index in [0.717, 1.165) is 17.0 Å². The molecule has 0 fully saturated rings. The van der Waals surface area contributed by atoms with Gasteiger partial charge in [0.25, 0.3) is 0 Å². The fourth-order valence-electron chi connectivity index (χ4n) is 1.64. The summed E-state index contributed by atoms with van der Waals surface area (Å²) >= 11 is 0. The molecule has 0 atom stereocenters. The van der Waals surface area contributed by atoms with Crippen molar-refractivity contribution in [3.05, 3.63) is 48.7 Å². The second kappa shape index (κ2) is 6.56. The maximum absolute atomic E-state index is 5.29. The predicted octanol–water partition coefficient (Wildman–Crippen LogP) is 3.53. The molecule has 0 aliphatic carbocycles. The Hall–Kier alpha value is -2.56. The van der Waals surface area contributed by atoms with E-state index in [1.807, 2.05) is 39.0 Å². The maximum Gasteiger partial charge on any atom is 0.185 e. The third kappa shape index (κ3) is 3.06. The summed E-state index contributed by atoms with van der Waals surface area (Å²) < 4.78 is 5.29. The summed E-state index contributed by atoms with van der Waals surface area (Å²) in [7, 11) is 0. The minimum absolute atomic E-state index is 0.624. The van der Waals surface area contributed by atoms with Crippen LogP contribution in [-0.2, 0) is 0 Å². The zero-order valence-corrected chi connectivity index (χ0v) is 11.7. The largest absolute Gasteiger partial charge is 0.354 e. The topological polar surface area (TPSA) is 64.7 Å². The van der Waals surface area contributed by atoms with Crippen LogP contribution >= 0.6 is 0 Å². The van der Waals surface area contributed by atoms with Crippen LogP contribution in [0.15, 0.2) is 47.4 Å². The van der Waals surface area contributed by atoms with Crippen molar-refractivity contribution in [2.75, 3.05) is 0 Å². The van der Waals surface area contributed by atoms with Gasteiger partial charge in [-0.25, -0.2) is 9.97 Å². The lowest BCUT2D eigenvalue weighted by Crippen LogP contribution is -1.88. The highest BCUT2D eigenvalue weighted by atomic mass is 16.5. The van der Waals surface area contributed by atoms with Crippen LogP contribution in [0.1, 0.15) is 19.7 Å². The van der Waals surface area contributed by atoms with Gasteiger partial charge in [-0.2, -0.15) is 0 Å². The molecule has 0 amide bonds. The number of rotatable bonds is 2. The standard InChI is InChI=1S/C13H10N4O.C2H6/c1-9-15-6-4-11(16-9)13-7-12(17-18-13)10-3-2-5-14-8-10;1-2/h2-8H,1H3;1-2H3. The van der Waals surface area contributed by atoms with Crippen LogP contribution in [-0.4, -0.2) is 20.1 Å². The summed E-state index contributed by atoms with van der Waals surface area (Å²) in [6, 6.07) is 7.43. The van der Waals surface area contributed by atoms with Crippen molar-refractivity contribution in [3.8, 4) is 22.7 Å². The van der Waals surface area contributed by atoms with Gasteiger partial charge in [0.15, 0.2) is 5.76 Å². The predicted molar refractivity (Wildman–Crippen MR) is 76.8 cm³/mol. The Morgan fingerprint density at radius 1 is 1.05 bits per heavy atom. The lowest BCUT2D eigenvalue weighted by molar-refractivity contribution is 0.433. The molecule has 0 saturated carbocycles. The Morgan fingerprint density at radius 3 is 2.60 bits per heavy atom. The molecule has 5 nitrogen and oxygen atoms in total. The van der Waals surface area contributed by atoms with Gasteiger partial charge in [-0.15, -0.1) is 0 Å². The van der Waals surface area contributed by atoms with Gasteiger partial charge >= 0.3 is 0 Å². The molecule has 0 aromatic carbocycles. The fourth-order valence-corrected chi connectivity index (χ4v) is 1.64. The van der Waals surface area contributed by atoms with Crippen LogP contribution in [0, 0.1) is 6.92 Å². The summed E-state index contributed by atoms with van der Waals surface area (Å²) in [5.74, 6) is 1.33. The van der Waals surface area contributed by atoms with E-state index in [9.17, 15) is 0 Å². The van der Waals surface area contributed by atoms with E-state index in [0.29, 0.717) is 11.6 Å². The highest BCUT2D eigenvalue weighted by molar-refractivity contribution is 5.63. The van der Waals surface area contributed by atoms with Gasteiger partial charge in [0.2, 0.25) is 0 Å². The van der Waals surface area contributed by atoms with Gasteiger partial charge in [0.05, 0.1) is 0 Å². The minimum atomic E-state index is 0.624. The molecule has 3 heterocycles. The van der Waals surface area contributed by atoms with Crippen molar-refractivity contribution in [2.45, 2.75) is 20.8 Å². The first-order valence-corrected chi connectivity index (χ1v) is 6.50. The molecular formula is C15H16N4O. The van der Waals surface area contributed by atoms with E-state index in [1.54, 1.807) is 24.7 Å². The smallest absolute Gasteiger partial charge is 0.185 e. The Bertz CT molecular complexity index is 664. The van der Waals surface area contributed by atoms with Gasteiger partial charge in [-0.05, 0) is 25.1 Å². The first-order chi connectivity index (χ1) is 9.83. The molecule has 5 heteroatoms. The lowest BCUT2D eigenvalue weighted by atomic mass is 10.2. The van der Waals surface area contributed by atoms with Crippen molar-refractivity contribution in [2.24, 2.45) is 0 Å². The Morgan fingerprint density at radius 2 is 1.90 bits per heavy atom. The van der Waals surface area contributed by atoms with Gasteiger partial charge in [0.1, 0.15) is 17.2 Å².